The van der Waals surface area contributed by atoms with Crippen LogP contribution in [-0.2, 0) is 22.5 Å². The van der Waals surface area contributed by atoms with Crippen LogP contribution in [0.25, 0.3) is 21.5 Å². The number of thiophene rings is 2. The molecule has 0 atom stereocenters. The number of thioether (sulfide) groups is 1. The molecule has 176 valence electrons. The van der Waals surface area contributed by atoms with Gasteiger partial charge in [0.2, 0.25) is 5.91 Å². The first-order valence-electron chi connectivity index (χ1n) is 10.6. The SMILES string of the molecule is C=CCn1c(SCC(=O)Nc2sc(C)c(CC)c2C(=O)OC)nnc1-c1csc2ccccc12. The van der Waals surface area contributed by atoms with Gasteiger partial charge < -0.3 is 10.1 Å². The fraction of sp³-hybridized carbons (Fsp3) is 0.250. The number of aromatic nitrogens is 3. The number of esters is 1. The number of nitrogens with one attached hydrogen (secondary N) is 1. The number of benzene rings is 1. The third kappa shape index (κ3) is 4.66. The van der Waals surface area contributed by atoms with Crippen LogP contribution in [0.2, 0.25) is 0 Å². The summed E-state index contributed by atoms with van der Waals surface area (Å²) < 4.78 is 8.08. The first-order valence-corrected chi connectivity index (χ1v) is 13.3. The number of rotatable bonds is 9. The van der Waals surface area contributed by atoms with E-state index in [0.29, 0.717) is 28.7 Å². The Morgan fingerprint density at radius 3 is 2.82 bits per heavy atom. The molecule has 0 radical (unpaired) electrons. The van der Waals surface area contributed by atoms with Crippen molar-refractivity contribution in [2.45, 2.75) is 32.0 Å². The number of ether oxygens (including phenoxy) is 1. The molecule has 0 aliphatic heterocycles. The van der Waals surface area contributed by atoms with Crippen molar-refractivity contribution >= 4 is 61.4 Å². The van der Waals surface area contributed by atoms with Gasteiger partial charge in [-0.2, -0.15) is 0 Å². The summed E-state index contributed by atoms with van der Waals surface area (Å²) >= 11 is 4.34. The van der Waals surface area contributed by atoms with Gasteiger partial charge in [0.1, 0.15) is 5.00 Å². The predicted octanol–water partition coefficient (Wildman–Crippen LogP) is 5.80. The van der Waals surface area contributed by atoms with Crippen LogP contribution < -0.4 is 5.32 Å². The lowest BCUT2D eigenvalue weighted by Crippen LogP contribution is -2.16. The molecule has 0 aliphatic carbocycles. The average Bonchev–Trinajstić information content (AvgIpc) is 3.52. The Bertz CT molecular complexity index is 1370. The second-order valence-corrected chi connectivity index (χ2v) is 10.5. The molecule has 7 nitrogen and oxygen atoms in total. The first kappa shape index (κ1) is 24.2. The van der Waals surface area contributed by atoms with E-state index in [0.717, 1.165) is 27.2 Å². The Morgan fingerprint density at radius 1 is 1.29 bits per heavy atom. The summed E-state index contributed by atoms with van der Waals surface area (Å²) in [7, 11) is 1.34. The number of anilines is 1. The summed E-state index contributed by atoms with van der Waals surface area (Å²) in [4.78, 5) is 26.1. The van der Waals surface area contributed by atoms with E-state index in [-0.39, 0.29) is 11.7 Å². The lowest BCUT2D eigenvalue weighted by Gasteiger charge is -2.08. The van der Waals surface area contributed by atoms with E-state index in [4.69, 9.17) is 4.74 Å². The highest BCUT2D eigenvalue weighted by atomic mass is 32.2. The molecule has 1 N–H and O–H groups in total. The Balaban J connectivity index is 1.54. The summed E-state index contributed by atoms with van der Waals surface area (Å²) in [5.74, 6) is 0.200. The molecule has 3 heterocycles. The molecule has 0 fully saturated rings. The highest BCUT2D eigenvalue weighted by Crippen LogP contribution is 2.36. The molecule has 3 aromatic heterocycles. The fourth-order valence-electron chi connectivity index (χ4n) is 3.74. The van der Waals surface area contributed by atoms with Gasteiger partial charge in [-0.1, -0.05) is 43.0 Å². The molecule has 4 rings (SSSR count). The summed E-state index contributed by atoms with van der Waals surface area (Å²) in [5, 5.41) is 16.0. The molecule has 0 saturated carbocycles. The smallest absolute Gasteiger partial charge is 0.341 e. The number of amides is 1. The third-order valence-corrected chi connectivity index (χ3v) is 8.28. The number of hydrogen-bond acceptors (Lipinski definition) is 8. The minimum atomic E-state index is -0.442. The number of methoxy groups -OCH3 is 1. The first-order chi connectivity index (χ1) is 16.5. The number of carbonyl (C=O) groups excluding carboxylic acids is 2. The maximum absolute atomic E-state index is 12.8. The Kier molecular flexibility index (Phi) is 7.50. The molecular formula is C24H24N4O3S3. The van der Waals surface area contributed by atoms with Crippen molar-refractivity contribution in [2.24, 2.45) is 0 Å². The number of nitrogens with zero attached hydrogens (tertiary/aromatic N) is 3. The second kappa shape index (κ2) is 10.5. The van der Waals surface area contributed by atoms with Gasteiger partial charge in [-0.15, -0.1) is 39.4 Å². The van der Waals surface area contributed by atoms with Crippen molar-refractivity contribution in [3.8, 4) is 11.4 Å². The van der Waals surface area contributed by atoms with Crippen molar-refractivity contribution in [1.29, 1.82) is 0 Å². The molecule has 4 aromatic rings. The summed E-state index contributed by atoms with van der Waals surface area (Å²) in [5.41, 5.74) is 2.35. The lowest BCUT2D eigenvalue weighted by atomic mass is 10.1. The van der Waals surface area contributed by atoms with Gasteiger partial charge in [0.15, 0.2) is 11.0 Å². The van der Waals surface area contributed by atoms with Gasteiger partial charge in [0, 0.05) is 32.5 Å². The van der Waals surface area contributed by atoms with Crippen LogP contribution in [0.5, 0.6) is 0 Å². The molecular weight excluding hydrogens is 488 g/mol. The zero-order valence-electron chi connectivity index (χ0n) is 19.1. The van der Waals surface area contributed by atoms with Gasteiger partial charge in [-0.05, 0) is 25.0 Å². The Hall–Kier alpha value is -2.95. The molecule has 1 aromatic carbocycles. The van der Waals surface area contributed by atoms with E-state index in [1.54, 1.807) is 17.4 Å². The normalized spacial score (nSPS) is 11.0. The number of carbonyl (C=O) groups is 2. The minimum absolute atomic E-state index is 0.124. The lowest BCUT2D eigenvalue weighted by molar-refractivity contribution is -0.113. The Morgan fingerprint density at radius 2 is 2.09 bits per heavy atom. The van der Waals surface area contributed by atoms with Crippen molar-refractivity contribution < 1.29 is 14.3 Å². The van der Waals surface area contributed by atoms with E-state index in [1.807, 2.05) is 30.5 Å². The monoisotopic (exact) mass is 512 g/mol. The Labute approximate surface area is 209 Å². The van der Waals surface area contributed by atoms with Crippen LogP contribution in [0.15, 0.2) is 47.5 Å². The maximum atomic E-state index is 12.8. The van der Waals surface area contributed by atoms with Crippen LogP contribution in [0, 0.1) is 6.92 Å². The van der Waals surface area contributed by atoms with E-state index in [9.17, 15) is 9.59 Å². The third-order valence-electron chi connectivity index (χ3n) is 5.29. The van der Waals surface area contributed by atoms with Crippen LogP contribution >= 0.6 is 34.4 Å². The van der Waals surface area contributed by atoms with Gasteiger partial charge in [0.25, 0.3) is 0 Å². The average molecular weight is 513 g/mol. The number of hydrogen-bond donors (Lipinski definition) is 1. The number of fused-ring (bicyclic) bond motifs is 1. The van der Waals surface area contributed by atoms with Crippen molar-refractivity contribution in [3.63, 3.8) is 0 Å². The highest BCUT2D eigenvalue weighted by Gasteiger charge is 2.23. The second-order valence-electron chi connectivity index (χ2n) is 7.37. The highest BCUT2D eigenvalue weighted by molar-refractivity contribution is 7.99. The summed E-state index contributed by atoms with van der Waals surface area (Å²) in [6.07, 6.45) is 2.47. The number of aryl methyl sites for hydroxylation is 1. The van der Waals surface area contributed by atoms with Crippen LogP contribution in [0.4, 0.5) is 5.00 Å². The van der Waals surface area contributed by atoms with Crippen LogP contribution in [-0.4, -0.2) is 39.5 Å². The minimum Gasteiger partial charge on any atom is -0.465 e. The molecule has 0 aliphatic rings. The zero-order chi connectivity index (χ0) is 24.2. The fourth-order valence-corrected chi connectivity index (χ4v) is 6.58. The number of allylic oxidation sites excluding steroid dienone is 1. The standard InChI is InChI=1S/C24H24N4O3S3/c1-5-11-28-21(17-12-32-18-10-8-7-9-16(17)18)26-27-24(28)33-13-19(29)25-22-20(23(30)31-4)15(6-2)14(3)34-22/h5,7-10,12H,1,6,11,13H2,2-4H3,(H,25,29). The molecule has 0 spiro atoms. The summed E-state index contributed by atoms with van der Waals surface area (Å²) in [6, 6.07) is 8.17. The molecule has 0 bridgehead atoms. The van der Waals surface area contributed by atoms with Gasteiger partial charge >= 0.3 is 5.97 Å². The van der Waals surface area contributed by atoms with E-state index in [1.165, 1.54) is 34.9 Å². The van der Waals surface area contributed by atoms with Gasteiger partial charge in [0.05, 0.1) is 18.4 Å². The molecule has 0 saturated heterocycles. The van der Waals surface area contributed by atoms with Crippen molar-refractivity contribution in [3.05, 3.63) is 58.3 Å². The van der Waals surface area contributed by atoms with Crippen LogP contribution in [0.3, 0.4) is 0 Å². The molecule has 0 unspecified atom stereocenters. The van der Waals surface area contributed by atoms with Crippen molar-refractivity contribution in [1.82, 2.24) is 14.8 Å². The van der Waals surface area contributed by atoms with Crippen molar-refractivity contribution in [2.75, 3.05) is 18.2 Å². The van der Waals surface area contributed by atoms with E-state index >= 15 is 0 Å². The topological polar surface area (TPSA) is 86.1 Å². The summed E-state index contributed by atoms with van der Waals surface area (Å²) in [6.45, 7) is 8.30. The van der Waals surface area contributed by atoms with Gasteiger partial charge in [-0.3, -0.25) is 9.36 Å². The van der Waals surface area contributed by atoms with Gasteiger partial charge in [-0.25, -0.2) is 4.79 Å². The zero-order valence-corrected chi connectivity index (χ0v) is 21.5. The van der Waals surface area contributed by atoms with E-state index in [2.05, 4.69) is 39.6 Å². The van der Waals surface area contributed by atoms with Crippen LogP contribution in [0.1, 0.15) is 27.7 Å². The molecule has 1 amide bonds. The predicted molar refractivity (Wildman–Crippen MR) is 140 cm³/mol. The van der Waals surface area contributed by atoms with E-state index < -0.39 is 5.97 Å². The molecule has 34 heavy (non-hydrogen) atoms. The molecule has 10 heteroatoms. The maximum Gasteiger partial charge on any atom is 0.341 e. The quantitative estimate of drug-likeness (QED) is 0.173. The largest absolute Gasteiger partial charge is 0.465 e.